The second-order valence-electron chi connectivity index (χ2n) is 8.37. The number of hydrogen-bond donors (Lipinski definition) is 1. The Morgan fingerprint density at radius 2 is 1.76 bits per heavy atom. The molecular formula is C24H31Cl2N3O4S. The third kappa shape index (κ3) is 7.61. The van der Waals surface area contributed by atoms with Gasteiger partial charge < -0.3 is 10.2 Å². The number of anilines is 1. The van der Waals surface area contributed by atoms with Crippen LogP contribution in [0.1, 0.15) is 38.3 Å². The fourth-order valence-electron chi connectivity index (χ4n) is 3.33. The third-order valence-electron chi connectivity index (χ3n) is 5.46. The summed E-state index contributed by atoms with van der Waals surface area (Å²) >= 11 is 12.3. The molecule has 186 valence electrons. The first-order valence-electron chi connectivity index (χ1n) is 10.9. The van der Waals surface area contributed by atoms with E-state index in [1.54, 1.807) is 6.92 Å². The van der Waals surface area contributed by atoms with E-state index in [-0.39, 0.29) is 34.2 Å². The van der Waals surface area contributed by atoms with Crippen molar-refractivity contribution in [2.45, 2.75) is 52.7 Å². The normalized spacial score (nSPS) is 13.1. The fourth-order valence-corrected chi connectivity index (χ4v) is 4.62. The molecule has 10 heteroatoms. The topological polar surface area (TPSA) is 86.8 Å². The SMILES string of the molecule is CCC(C)NC(=O)C(C)N(Cc1cccc(C)c1)C(=O)CN(c1cc(Cl)ccc1Cl)S(C)(=O)=O. The highest BCUT2D eigenvalue weighted by Gasteiger charge is 2.31. The third-order valence-corrected chi connectivity index (χ3v) is 7.14. The highest BCUT2D eigenvalue weighted by molar-refractivity contribution is 7.92. The van der Waals surface area contributed by atoms with Crippen LogP contribution >= 0.6 is 23.2 Å². The number of nitrogens with zero attached hydrogens (tertiary/aromatic N) is 2. The Labute approximate surface area is 212 Å². The zero-order chi connectivity index (χ0) is 25.6. The van der Waals surface area contributed by atoms with Gasteiger partial charge in [0.1, 0.15) is 12.6 Å². The number of hydrogen-bond acceptors (Lipinski definition) is 4. The summed E-state index contributed by atoms with van der Waals surface area (Å²) in [5.41, 5.74) is 1.92. The van der Waals surface area contributed by atoms with Crippen molar-refractivity contribution in [3.8, 4) is 0 Å². The van der Waals surface area contributed by atoms with Crippen molar-refractivity contribution >= 4 is 50.7 Å². The zero-order valence-electron chi connectivity index (χ0n) is 20.0. The summed E-state index contributed by atoms with van der Waals surface area (Å²) in [6.07, 6.45) is 1.72. The summed E-state index contributed by atoms with van der Waals surface area (Å²) in [6, 6.07) is 11.1. The minimum Gasteiger partial charge on any atom is -0.352 e. The molecule has 0 fully saturated rings. The van der Waals surface area contributed by atoms with Gasteiger partial charge in [-0.25, -0.2) is 8.42 Å². The van der Waals surface area contributed by atoms with Crippen LogP contribution in [0.4, 0.5) is 5.69 Å². The number of amides is 2. The number of sulfonamides is 1. The molecule has 0 aromatic heterocycles. The molecule has 0 spiro atoms. The van der Waals surface area contributed by atoms with Crippen LogP contribution in [-0.4, -0.2) is 50.0 Å². The van der Waals surface area contributed by atoms with Crippen LogP contribution in [0.5, 0.6) is 0 Å². The highest BCUT2D eigenvalue weighted by atomic mass is 35.5. The van der Waals surface area contributed by atoms with Gasteiger partial charge in [0.2, 0.25) is 21.8 Å². The van der Waals surface area contributed by atoms with E-state index in [9.17, 15) is 18.0 Å². The molecule has 0 radical (unpaired) electrons. The lowest BCUT2D eigenvalue weighted by atomic mass is 10.1. The van der Waals surface area contributed by atoms with Crippen molar-refractivity contribution in [1.29, 1.82) is 0 Å². The molecule has 0 aliphatic carbocycles. The number of benzene rings is 2. The summed E-state index contributed by atoms with van der Waals surface area (Å²) < 4.78 is 26.1. The lowest BCUT2D eigenvalue weighted by Gasteiger charge is -2.32. The number of rotatable bonds is 10. The molecule has 2 atom stereocenters. The summed E-state index contributed by atoms with van der Waals surface area (Å²) in [4.78, 5) is 27.8. The first kappa shape index (κ1) is 28.0. The van der Waals surface area contributed by atoms with Gasteiger partial charge in [-0.1, -0.05) is 60.0 Å². The number of aryl methyl sites for hydroxylation is 1. The van der Waals surface area contributed by atoms with Crippen molar-refractivity contribution in [2.24, 2.45) is 0 Å². The van der Waals surface area contributed by atoms with Crippen LogP contribution in [-0.2, 0) is 26.2 Å². The molecular weight excluding hydrogens is 497 g/mol. The standard InChI is InChI=1S/C24H31Cl2N3O4S/c1-6-17(3)27-24(31)18(4)28(14-19-9-7-8-16(2)12-19)23(30)15-29(34(5,32)33)22-13-20(25)10-11-21(22)26/h7-13,17-18H,6,14-15H2,1-5H3,(H,27,31). The van der Waals surface area contributed by atoms with Gasteiger partial charge >= 0.3 is 0 Å². The molecule has 2 amide bonds. The molecule has 34 heavy (non-hydrogen) atoms. The van der Waals surface area contributed by atoms with Gasteiger partial charge in [0, 0.05) is 17.6 Å². The Morgan fingerprint density at radius 3 is 2.35 bits per heavy atom. The summed E-state index contributed by atoms with van der Waals surface area (Å²) in [6.45, 7) is 6.99. The molecule has 1 N–H and O–H groups in total. The van der Waals surface area contributed by atoms with Crippen molar-refractivity contribution < 1.29 is 18.0 Å². The predicted octanol–water partition coefficient (Wildman–Crippen LogP) is 4.40. The molecule has 2 unspecified atom stereocenters. The first-order chi connectivity index (χ1) is 15.8. The summed E-state index contributed by atoms with van der Waals surface area (Å²) in [5, 5.41) is 3.30. The second-order valence-corrected chi connectivity index (χ2v) is 11.1. The Kier molecular flexibility index (Phi) is 9.79. The van der Waals surface area contributed by atoms with Gasteiger partial charge in [0.15, 0.2) is 0 Å². The molecule has 0 saturated carbocycles. The molecule has 2 aromatic carbocycles. The maximum atomic E-state index is 13.5. The van der Waals surface area contributed by atoms with Crippen molar-refractivity contribution in [3.63, 3.8) is 0 Å². The van der Waals surface area contributed by atoms with Crippen LogP contribution in [0.25, 0.3) is 0 Å². The quantitative estimate of drug-likeness (QED) is 0.495. The zero-order valence-corrected chi connectivity index (χ0v) is 22.3. The Morgan fingerprint density at radius 1 is 1.09 bits per heavy atom. The largest absolute Gasteiger partial charge is 0.352 e. The van der Waals surface area contributed by atoms with E-state index in [4.69, 9.17) is 23.2 Å². The van der Waals surface area contributed by atoms with Crippen molar-refractivity contribution in [1.82, 2.24) is 10.2 Å². The molecule has 0 heterocycles. The first-order valence-corrected chi connectivity index (χ1v) is 13.5. The van der Waals surface area contributed by atoms with E-state index >= 15 is 0 Å². The smallest absolute Gasteiger partial charge is 0.244 e. The maximum absolute atomic E-state index is 13.5. The van der Waals surface area contributed by atoms with Gasteiger partial charge in [0.25, 0.3) is 0 Å². The Hall–Kier alpha value is -2.29. The van der Waals surface area contributed by atoms with Crippen LogP contribution in [0.15, 0.2) is 42.5 Å². The van der Waals surface area contributed by atoms with Gasteiger partial charge in [-0.3, -0.25) is 13.9 Å². The second kappa shape index (κ2) is 11.9. The molecule has 0 bridgehead atoms. The number of nitrogens with one attached hydrogen (secondary N) is 1. The van der Waals surface area contributed by atoms with Crippen LogP contribution in [0, 0.1) is 6.92 Å². The molecule has 0 aliphatic heterocycles. The van der Waals surface area contributed by atoms with E-state index in [1.165, 1.54) is 23.1 Å². The van der Waals surface area contributed by atoms with Crippen LogP contribution in [0.3, 0.4) is 0 Å². The maximum Gasteiger partial charge on any atom is 0.244 e. The monoisotopic (exact) mass is 527 g/mol. The van der Waals surface area contributed by atoms with E-state index in [0.717, 1.165) is 28.1 Å². The molecule has 7 nitrogen and oxygen atoms in total. The lowest BCUT2D eigenvalue weighted by Crippen LogP contribution is -2.52. The van der Waals surface area contributed by atoms with E-state index in [1.807, 2.05) is 45.0 Å². The molecule has 2 aromatic rings. The number of carbonyl (C=O) groups is 2. The van der Waals surface area contributed by atoms with Gasteiger partial charge in [0.05, 0.1) is 17.0 Å². The molecule has 2 rings (SSSR count). The van der Waals surface area contributed by atoms with E-state index in [2.05, 4.69) is 5.32 Å². The number of carbonyl (C=O) groups excluding carboxylic acids is 2. The fraction of sp³-hybridized carbons (Fsp3) is 0.417. The van der Waals surface area contributed by atoms with E-state index in [0.29, 0.717) is 0 Å². The van der Waals surface area contributed by atoms with E-state index < -0.39 is 28.5 Å². The van der Waals surface area contributed by atoms with Gasteiger partial charge in [-0.05, 0) is 51.0 Å². The molecule has 0 aliphatic rings. The lowest BCUT2D eigenvalue weighted by molar-refractivity contribution is -0.139. The Balaban J connectivity index is 2.43. The highest BCUT2D eigenvalue weighted by Crippen LogP contribution is 2.31. The van der Waals surface area contributed by atoms with Crippen LogP contribution < -0.4 is 9.62 Å². The Bertz CT molecular complexity index is 1140. The van der Waals surface area contributed by atoms with Gasteiger partial charge in [-0.2, -0.15) is 0 Å². The average molecular weight is 529 g/mol. The predicted molar refractivity (Wildman–Crippen MR) is 138 cm³/mol. The van der Waals surface area contributed by atoms with Crippen molar-refractivity contribution in [3.05, 3.63) is 63.6 Å². The summed E-state index contributed by atoms with van der Waals surface area (Å²) in [5.74, 6) is -0.864. The minimum absolute atomic E-state index is 0.0661. The molecule has 0 saturated heterocycles. The van der Waals surface area contributed by atoms with Crippen LogP contribution in [0.2, 0.25) is 10.0 Å². The van der Waals surface area contributed by atoms with Gasteiger partial charge in [-0.15, -0.1) is 0 Å². The van der Waals surface area contributed by atoms with Crippen molar-refractivity contribution in [2.75, 3.05) is 17.1 Å². The summed E-state index contributed by atoms with van der Waals surface area (Å²) in [7, 11) is -3.89. The average Bonchev–Trinajstić information content (AvgIpc) is 2.76. The minimum atomic E-state index is -3.89. The number of halogens is 2.